The van der Waals surface area contributed by atoms with Crippen molar-refractivity contribution in [3.63, 3.8) is 0 Å². The third-order valence-corrected chi connectivity index (χ3v) is 6.25. The van der Waals surface area contributed by atoms with Crippen LogP contribution in [0.25, 0.3) is 6.08 Å². The summed E-state index contributed by atoms with van der Waals surface area (Å²) in [5.41, 5.74) is 1.75. The Labute approximate surface area is 215 Å². The fourth-order valence-electron chi connectivity index (χ4n) is 3.82. The van der Waals surface area contributed by atoms with E-state index in [1.807, 2.05) is 6.92 Å². The van der Waals surface area contributed by atoms with Crippen molar-refractivity contribution < 1.29 is 28.2 Å². The molecule has 4 amide bonds. The number of ether oxygens (including phenoxy) is 2. The van der Waals surface area contributed by atoms with Gasteiger partial charge in [-0.05, 0) is 66.6 Å². The molecule has 184 valence electrons. The lowest BCUT2D eigenvalue weighted by Crippen LogP contribution is -2.54. The first kappa shape index (κ1) is 25.1. The van der Waals surface area contributed by atoms with Crippen LogP contribution >= 0.6 is 15.9 Å². The van der Waals surface area contributed by atoms with Gasteiger partial charge < -0.3 is 9.47 Å². The zero-order chi connectivity index (χ0) is 25.8. The van der Waals surface area contributed by atoms with Gasteiger partial charge in [0.25, 0.3) is 11.8 Å². The summed E-state index contributed by atoms with van der Waals surface area (Å²) in [4.78, 5) is 39.1. The van der Waals surface area contributed by atoms with Crippen LogP contribution in [-0.4, -0.2) is 31.6 Å². The number of urea groups is 1. The largest absolute Gasteiger partial charge is 0.496 e. The number of hydrogen-bond donors (Lipinski definition) is 1. The normalized spacial score (nSPS) is 14.7. The molecule has 7 nitrogen and oxygen atoms in total. The predicted molar refractivity (Wildman–Crippen MR) is 137 cm³/mol. The van der Waals surface area contributed by atoms with Gasteiger partial charge in [0.2, 0.25) is 0 Å². The van der Waals surface area contributed by atoms with Crippen molar-refractivity contribution in [2.75, 3.05) is 18.6 Å². The van der Waals surface area contributed by atoms with Crippen LogP contribution in [0.4, 0.5) is 14.9 Å². The summed E-state index contributed by atoms with van der Waals surface area (Å²) >= 11 is 3.50. The van der Waals surface area contributed by atoms with Crippen molar-refractivity contribution in [3.05, 3.63) is 93.2 Å². The van der Waals surface area contributed by atoms with E-state index < -0.39 is 17.8 Å². The topological polar surface area (TPSA) is 84.9 Å². The molecule has 0 bridgehead atoms. The lowest BCUT2D eigenvalue weighted by atomic mass is 10.00. The average Bonchev–Trinajstić information content (AvgIpc) is 2.85. The maximum atomic E-state index is 14.2. The van der Waals surface area contributed by atoms with Crippen LogP contribution < -0.4 is 19.7 Å². The molecular weight excluding hydrogens is 531 g/mol. The molecule has 1 saturated heterocycles. The molecule has 0 unspecified atom stereocenters. The predicted octanol–water partition coefficient (Wildman–Crippen LogP) is 5.25. The molecule has 0 atom stereocenters. The summed E-state index contributed by atoms with van der Waals surface area (Å²) in [6.07, 6.45) is 1.65. The number of barbiturate groups is 1. The van der Waals surface area contributed by atoms with Crippen LogP contribution in [0.1, 0.15) is 23.6 Å². The minimum Gasteiger partial charge on any atom is -0.496 e. The number of nitrogens with zero attached hydrogens (tertiary/aromatic N) is 1. The van der Waals surface area contributed by atoms with Gasteiger partial charge in [0, 0.05) is 16.5 Å². The van der Waals surface area contributed by atoms with Crippen LogP contribution in [0.15, 0.2) is 70.7 Å². The number of benzene rings is 3. The molecule has 1 heterocycles. The van der Waals surface area contributed by atoms with Gasteiger partial charge in [-0.1, -0.05) is 34.1 Å². The highest BCUT2D eigenvalue weighted by atomic mass is 79.9. The smallest absolute Gasteiger partial charge is 0.335 e. The Hall–Kier alpha value is -3.98. The summed E-state index contributed by atoms with van der Waals surface area (Å²) in [6.45, 7) is 2.32. The number of carbonyl (C=O) groups excluding carboxylic acids is 3. The summed E-state index contributed by atoms with van der Waals surface area (Å²) < 4.78 is 25.7. The Morgan fingerprint density at radius 1 is 1.06 bits per heavy atom. The number of hydrogen-bond acceptors (Lipinski definition) is 5. The first-order valence-electron chi connectivity index (χ1n) is 11.1. The molecular formula is C27H22BrFN2O5. The summed E-state index contributed by atoms with van der Waals surface area (Å²) in [5, 5.41) is 2.20. The van der Waals surface area contributed by atoms with Gasteiger partial charge in [0.1, 0.15) is 22.9 Å². The molecule has 3 aromatic carbocycles. The molecule has 0 aliphatic carbocycles. The van der Waals surface area contributed by atoms with Gasteiger partial charge in [0.05, 0.1) is 19.4 Å². The fourth-order valence-corrected chi connectivity index (χ4v) is 4.42. The lowest BCUT2D eigenvalue weighted by molar-refractivity contribution is -0.122. The molecule has 1 aliphatic heterocycles. The second kappa shape index (κ2) is 10.7. The Kier molecular flexibility index (Phi) is 7.49. The second-order valence-corrected chi connectivity index (χ2v) is 8.69. The third kappa shape index (κ3) is 5.16. The van der Waals surface area contributed by atoms with E-state index in [1.54, 1.807) is 54.6 Å². The van der Waals surface area contributed by atoms with Crippen LogP contribution in [-0.2, 0) is 16.0 Å². The molecule has 9 heteroatoms. The van der Waals surface area contributed by atoms with Crippen LogP contribution in [0.3, 0.4) is 0 Å². The maximum Gasteiger partial charge on any atom is 0.335 e. The monoisotopic (exact) mass is 552 g/mol. The summed E-state index contributed by atoms with van der Waals surface area (Å²) in [6, 6.07) is 15.3. The van der Waals surface area contributed by atoms with Crippen molar-refractivity contribution in [1.29, 1.82) is 0 Å². The molecule has 1 aliphatic rings. The number of carbonyl (C=O) groups is 3. The van der Waals surface area contributed by atoms with E-state index in [0.29, 0.717) is 45.0 Å². The van der Waals surface area contributed by atoms with Crippen LogP contribution in [0.2, 0.25) is 0 Å². The highest BCUT2D eigenvalue weighted by molar-refractivity contribution is 9.10. The Morgan fingerprint density at radius 3 is 2.44 bits per heavy atom. The van der Waals surface area contributed by atoms with E-state index in [1.165, 1.54) is 19.3 Å². The van der Waals surface area contributed by atoms with E-state index in [4.69, 9.17) is 9.47 Å². The van der Waals surface area contributed by atoms with Crippen LogP contribution in [0.5, 0.6) is 11.5 Å². The van der Waals surface area contributed by atoms with Crippen molar-refractivity contribution >= 4 is 45.5 Å². The van der Waals surface area contributed by atoms with Crippen molar-refractivity contribution in [3.8, 4) is 11.5 Å². The number of methoxy groups -OCH3 is 1. The van der Waals surface area contributed by atoms with Gasteiger partial charge in [-0.2, -0.15) is 0 Å². The SMILES string of the molecule is CCOc1ccc(N2C(=O)NC(=O)/C(=C\c3cc(Br)c(Cc4ccccc4F)c(OC)c3)C2=O)cc1. The van der Waals surface area contributed by atoms with Crippen molar-refractivity contribution in [2.24, 2.45) is 0 Å². The Balaban J connectivity index is 1.67. The minimum absolute atomic E-state index is 0.223. The lowest BCUT2D eigenvalue weighted by Gasteiger charge is -2.26. The quantitative estimate of drug-likeness (QED) is 0.319. The second-order valence-electron chi connectivity index (χ2n) is 7.84. The van der Waals surface area contributed by atoms with E-state index in [9.17, 15) is 18.8 Å². The van der Waals surface area contributed by atoms with Gasteiger partial charge in [0.15, 0.2) is 0 Å². The molecule has 0 radical (unpaired) electrons. The van der Waals surface area contributed by atoms with Crippen molar-refractivity contribution in [2.45, 2.75) is 13.3 Å². The zero-order valence-electron chi connectivity index (χ0n) is 19.5. The molecule has 36 heavy (non-hydrogen) atoms. The summed E-state index contributed by atoms with van der Waals surface area (Å²) in [5.74, 6) is -0.870. The highest BCUT2D eigenvalue weighted by Gasteiger charge is 2.36. The highest BCUT2D eigenvalue weighted by Crippen LogP contribution is 2.33. The number of anilines is 1. The van der Waals surface area contributed by atoms with E-state index in [2.05, 4.69) is 21.2 Å². The van der Waals surface area contributed by atoms with Crippen molar-refractivity contribution in [1.82, 2.24) is 5.32 Å². The molecule has 1 N–H and O–H groups in total. The summed E-state index contributed by atoms with van der Waals surface area (Å²) in [7, 11) is 1.48. The van der Waals surface area contributed by atoms with E-state index in [0.717, 1.165) is 4.90 Å². The van der Waals surface area contributed by atoms with Gasteiger partial charge in [-0.25, -0.2) is 14.1 Å². The van der Waals surface area contributed by atoms with Gasteiger partial charge in [-0.3, -0.25) is 14.9 Å². The first-order valence-corrected chi connectivity index (χ1v) is 11.9. The van der Waals surface area contributed by atoms with E-state index in [-0.39, 0.29) is 17.8 Å². The average molecular weight is 553 g/mol. The third-order valence-electron chi connectivity index (χ3n) is 5.54. The fraction of sp³-hybridized carbons (Fsp3) is 0.148. The number of rotatable bonds is 7. The minimum atomic E-state index is -0.842. The van der Waals surface area contributed by atoms with Gasteiger partial charge >= 0.3 is 6.03 Å². The zero-order valence-corrected chi connectivity index (χ0v) is 21.1. The molecule has 0 saturated carbocycles. The molecule has 1 fully saturated rings. The van der Waals surface area contributed by atoms with Gasteiger partial charge in [-0.15, -0.1) is 0 Å². The molecule has 3 aromatic rings. The number of amides is 4. The number of halogens is 2. The van der Waals surface area contributed by atoms with E-state index >= 15 is 0 Å². The maximum absolute atomic E-state index is 14.2. The number of imide groups is 2. The number of nitrogens with one attached hydrogen (secondary N) is 1. The molecule has 0 spiro atoms. The molecule has 0 aromatic heterocycles. The standard InChI is InChI=1S/C27H22BrFN2O5/c1-3-36-19-10-8-18(9-11-19)31-26(33)21(25(32)30-27(31)34)12-16-13-22(28)20(24(14-16)35-2)15-17-6-4-5-7-23(17)29/h4-14H,3,15H2,1-2H3,(H,30,32,34)/b21-12+. The molecule has 4 rings (SSSR count). The Bertz CT molecular complexity index is 1370. The van der Waals surface area contributed by atoms with Crippen LogP contribution in [0, 0.1) is 5.82 Å². The Morgan fingerprint density at radius 2 is 1.78 bits per heavy atom. The first-order chi connectivity index (χ1) is 17.3.